The molecule has 0 unspecified atom stereocenters. The predicted octanol–water partition coefficient (Wildman–Crippen LogP) is 4.94. The highest BCUT2D eigenvalue weighted by Gasteiger charge is 2.16. The fourth-order valence-electron chi connectivity index (χ4n) is 1.69. The quantitative estimate of drug-likeness (QED) is 0.840. The molecule has 0 atom stereocenters. The smallest absolute Gasteiger partial charge is 0.146 e. The third-order valence-corrected chi connectivity index (χ3v) is 4.29. The van der Waals surface area contributed by atoms with E-state index in [0.717, 1.165) is 17.0 Å². The summed E-state index contributed by atoms with van der Waals surface area (Å²) < 4.78 is 26.5. The number of thiophene rings is 1. The minimum Gasteiger partial charge on any atom is -0.378 e. The summed E-state index contributed by atoms with van der Waals surface area (Å²) in [6.45, 7) is 6.97. The maximum atomic E-state index is 13.4. The molecule has 1 N–H and O–H groups in total. The van der Waals surface area contributed by atoms with Crippen LogP contribution in [-0.4, -0.2) is 0 Å². The molecular formula is C15H17F2NS. The molecular weight excluding hydrogens is 264 g/mol. The lowest BCUT2D eigenvalue weighted by Crippen LogP contribution is -2.07. The lowest BCUT2D eigenvalue weighted by molar-refractivity contribution is 0.602. The Hall–Kier alpha value is -1.42. The molecule has 0 bridgehead atoms. The minimum atomic E-state index is -0.439. The first-order valence-corrected chi connectivity index (χ1v) is 6.96. The molecule has 0 spiro atoms. The molecule has 0 fully saturated rings. The van der Waals surface area contributed by atoms with Crippen LogP contribution in [0.3, 0.4) is 0 Å². The number of hydrogen-bond donors (Lipinski definition) is 1. The number of benzene rings is 1. The van der Waals surface area contributed by atoms with Crippen molar-refractivity contribution in [3.63, 3.8) is 0 Å². The Bertz CT molecular complexity index is 570. The van der Waals surface area contributed by atoms with Gasteiger partial charge >= 0.3 is 0 Å². The number of rotatable bonds is 3. The normalized spacial score (nSPS) is 11.6. The van der Waals surface area contributed by atoms with Crippen LogP contribution in [0.25, 0.3) is 0 Å². The van der Waals surface area contributed by atoms with Crippen LogP contribution in [0.1, 0.15) is 30.5 Å². The van der Waals surface area contributed by atoms with Crippen LogP contribution >= 0.6 is 11.3 Å². The number of anilines is 1. The largest absolute Gasteiger partial charge is 0.378 e. The number of nitrogens with one attached hydrogen (secondary N) is 1. The van der Waals surface area contributed by atoms with Crippen LogP contribution in [0.4, 0.5) is 14.5 Å². The Kier molecular flexibility index (Phi) is 3.90. The zero-order valence-corrected chi connectivity index (χ0v) is 12.1. The maximum absolute atomic E-state index is 13.4. The van der Waals surface area contributed by atoms with Crippen LogP contribution in [0.2, 0.25) is 0 Å². The molecule has 0 aliphatic rings. The Labute approximate surface area is 116 Å². The van der Waals surface area contributed by atoms with Gasteiger partial charge in [-0.25, -0.2) is 8.78 Å². The third-order valence-electron chi connectivity index (χ3n) is 2.78. The molecule has 0 saturated carbocycles. The summed E-state index contributed by atoms with van der Waals surface area (Å²) in [6.07, 6.45) is 0. The van der Waals surface area contributed by atoms with Gasteiger partial charge in [0, 0.05) is 16.3 Å². The monoisotopic (exact) mass is 281 g/mol. The second-order valence-electron chi connectivity index (χ2n) is 5.49. The van der Waals surface area contributed by atoms with E-state index in [-0.39, 0.29) is 11.1 Å². The molecule has 102 valence electrons. The maximum Gasteiger partial charge on any atom is 0.146 e. The zero-order chi connectivity index (χ0) is 14.0. The number of halogens is 2. The van der Waals surface area contributed by atoms with Gasteiger partial charge in [0.1, 0.15) is 11.6 Å². The van der Waals surface area contributed by atoms with Gasteiger partial charge in [-0.3, -0.25) is 0 Å². The average Bonchev–Trinajstić information content (AvgIpc) is 2.79. The lowest BCUT2D eigenvalue weighted by Gasteiger charge is -2.15. The van der Waals surface area contributed by atoms with E-state index in [9.17, 15) is 8.78 Å². The summed E-state index contributed by atoms with van der Waals surface area (Å²) in [6, 6.07) is 7.53. The SMILES string of the molecule is CC(C)(C)c1ccc(CNc2cc(F)ccc2F)s1. The molecule has 0 radical (unpaired) electrons. The molecule has 19 heavy (non-hydrogen) atoms. The Morgan fingerprint density at radius 3 is 2.47 bits per heavy atom. The predicted molar refractivity (Wildman–Crippen MR) is 76.7 cm³/mol. The van der Waals surface area contributed by atoms with Gasteiger partial charge in [-0.1, -0.05) is 20.8 Å². The van der Waals surface area contributed by atoms with Gasteiger partial charge in [-0.2, -0.15) is 0 Å². The van der Waals surface area contributed by atoms with E-state index in [2.05, 4.69) is 32.2 Å². The van der Waals surface area contributed by atoms with Crippen molar-refractivity contribution in [2.24, 2.45) is 0 Å². The van der Waals surface area contributed by atoms with Gasteiger partial charge in [-0.05, 0) is 35.7 Å². The van der Waals surface area contributed by atoms with Gasteiger partial charge in [0.25, 0.3) is 0 Å². The highest BCUT2D eigenvalue weighted by Crippen LogP contribution is 2.30. The van der Waals surface area contributed by atoms with Crippen molar-refractivity contribution >= 4 is 17.0 Å². The molecule has 0 aliphatic carbocycles. The molecule has 1 aromatic heterocycles. The van der Waals surface area contributed by atoms with Crippen molar-refractivity contribution in [2.45, 2.75) is 32.7 Å². The molecule has 2 rings (SSSR count). The van der Waals surface area contributed by atoms with Crippen molar-refractivity contribution in [1.82, 2.24) is 0 Å². The van der Waals surface area contributed by atoms with Gasteiger partial charge in [0.05, 0.1) is 5.69 Å². The average molecular weight is 281 g/mol. The molecule has 2 aromatic rings. The summed E-state index contributed by atoms with van der Waals surface area (Å²) in [5, 5.41) is 2.93. The first-order valence-electron chi connectivity index (χ1n) is 6.14. The lowest BCUT2D eigenvalue weighted by atomic mass is 9.95. The third kappa shape index (κ3) is 3.53. The van der Waals surface area contributed by atoms with Crippen LogP contribution in [0.5, 0.6) is 0 Å². The van der Waals surface area contributed by atoms with Crippen LogP contribution in [0, 0.1) is 11.6 Å². The van der Waals surface area contributed by atoms with Gasteiger partial charge in [0.15, 0.2) is 0 Å². The second kappa shape index (κ2) is 5.29. The summed E-state index contributed by atoms with van der Waals surface area (Å²) in [5.41, 5.74) is 0.318. The van der Waals surface area contributed by atoms with Crippen LogP contribution in [-0.2, 0) is 12.0 Å². The Balaban J connectivity index is 2.06. The van der Waals surface area contributed by atoms with E-state index in [1.54, 1.807) is 11.3 Å². The van der Waals surface area contributed by atoms with Crippen molar-refractivity contribution in [3.05, 3.63) is 51.7 Å². The Morgan fingerprint density at radius 2 is 1.84 bits per heavy atom. The highest BCUT2D eigenvalue weighted by molar-refractivity contribution is 7.12. The van der Waals surface area contributed by atoms with Crippen LogP contribution in [0.15, 0.2) is 30.3 Å². The van der Waals surface area contributed by atoms with Gasteiger partial charge in [-0.15, -0.1) is 11.3 Å². The van der Waals surface area contributed by atoms with Crippen LogP contribution < -0.4 is 5.32 Å². The fourth-order valence-corrected chi connectivity index (χ4v) is 2.70. The van der Waals surface area contributed by atoms with E-state index in [1.807, 2.05) is 6.07 Å². The van der Waals surface area contributed by atoms with Crippen molar-refractivity contribution in [1.29, 1.82) is 0 Å². The first kappa shape index (κ1) is 14.0. The van der Waals surface area contributed by atoms with Gasteiger partial charge in [0.2, 0.25) is 0 Å². The second-order valence-corrected chi connectivity index (χ2v) is 6.66. The number of hydrogen-bond acceptors (Lipinski definition) is 2. The van der Waals surface area contributed by atoms with Crippen molar-refractivity contribution in [3.8, 4) is 0 Å². The fraction of sp³-hybridized carbons (Fsp3) is 0.333. The molecule has 4 heteroatoms. The standard InChI is InChI=1S/C15H17F2NS/c1-15(2,3)14-7-5-11(19-14)9-18-13-8-10(16)4-6-12(13)17/h4-8,18H,9H2,1-3H3. The first-order chi connectivity index (χ1) is 8.86. The summed E-state index contributed by atoms with van der Waals surface area (Å²) in [5.74, 6) is -0.875. The molecule has 0 saturated heterocycles. The van der Waals surface area contributed by atoms with E-state index >= 15 is 0 Å². The van der Waals surface area contributed by atoms with E-state index < -0.39 is 11.6 Å². The molecule has 1 nitrogen and oxygen atoms in total. The minimum absolute atomic E-state index is 0.118. The topological polar surface area (TPSA) is 12.0 Å². The van der Waals surface area contributed by atoms with Crippen molar-refractivity contribution in [2.75, 3.05) is 5.32 Å². The highest BCUT2D eigenvalue weighted by atomic mass is 32.1. The molecule has 0 amide bonds. The van der Waals surface area contributed by atoms with Crippen molar-refractivity contribution < 1.29 is 8.78 Å². The summed E-state index contributed by atoms with van der Waals surface area (Å²) in [7, 11) is 0. The molecule has 1 heterocycles. The summed E-state index contributed by atoms with van der Waals surface area (Å²) in [4.78, 5) is 2.39. The molecule has 0 aliphatic heterocycles. The van der Waals surface area contributed by atoms with E-state index in [0.29, 0.717) is 6.54 Å². The zero-order valence-electron chi connectivity index (χ0n) is 11.3. The Morgan fingerprint density at radius 1 is 1.11 bits per heavy atom. The van der Waals surface area contributed by atoms with E-state index in [1.165, 1.54) is 10.9 Å². The molecule has 1 aromatic carbocycles. The van der Waals surface area contributed by atoms with E-state index in [4.69, 9.17) is 0 Å². The summed E-state index contributed by atoms with van der Waals surface area (Å²) >= 11 is 1.69. The van der Waals surface area contributed by atoms with Gasteiger partial charge < -0.3 is 5.32 Å².